The van der Waals surface area contributed by atoms with Gasteiger partial charge in [0, 0.05) is 18.0 Å². The van der Waals surface area contributed by atoms with E-state index in [9.17, 15) is 0 Å². The lowest BCUT2D eigenvalue weighted by atomic mass is 10.00. The molecule has 0 aliphatic carbocycles. The summed E-state index contributed by atoms with van der Waals surface area (Å²) < 4.78 is 5.85. The summed E-state index contributed by atoms with van der Waals surface area (Å²) in [4.78, 5) is 9.11. The number of hydrogen-bond donors (Lipinski definition) is 0. The van der Waals surface area contributed by atoms with Gasteiger partial charge in [-0.2, -0.15) is 10.5 Å². The lowest BCUT2D eigenvalue weighted by molar-refractivity contribution is 0.304. The number of unbranched alkanes of at least 4 members (excludes halogenated alkanes) is 16. The lowest BCUT2D eigenvalue weighted by Crippen LogP contribution is -1.97. The van der Waals surface area contributed by atoms with E-state index in [2.05, 4.69) is 110 Å². The molecule has 6 aromatic rings. The highest BCUT2D eigenvalue weighted by molar-refractivity contribution is 5.65. The average Bonchev–Trinajstić information content (AvgIpc) is 3.40. The quantitative estimate of drug-likeness (QED) is 0.0458. The summed E-state index contributed by atoms with van der Waals surface area (Å²) in [6.45, 7) is 9.79. The molecule has 0 N–H and O–H groups in total. The smallest absolute Gasteiger partial charge is 0.159 e. The third-order valence-corrected chi connectivity index (χ3v) is 12.6. The Hall–Kier alpha value is -6.04. The number of nitrogens with zero attached hydrogens (tertiary/aromatic N) is 4. The number of aromatic nitrogens is 2. The van der Waals surface area contributed by atoms with Crippen molar-refractivity contribution in [3.63, 3.8) is 0 Å². The Bertz CT molecular complexity index is 2290. The Balaban J connectivity index is 0.000000230. The van der Waals surface area contributed by atoms with Gasteiger partial charge in [0.2, 0.25) is 0 Å². The van der Waals surface area contributed by atoms with Crippen LogP contribution in [0, 0.1) is 22.7 Å². The lowest BCUT2D eigenvalue weighted by Gasteiger charge is -2.07. The van der Waals surface area contributed by atoms with Gasteiger partial charge < -0.3 is 4.74 Å². The van der Waals surface area contributed by atoms with E-state index in [1.165, 1.54) is 174 Å². The molecule has 0 unspecified atom stereocenters. The fraction of sp³-hybridized carbons (Fsp3) is 0.438. The normalized spacial score (nSPS) is 10.5. The highest BCUT2D eigenvalue weighted by Gasteiger charge is 2.05. The highest BCUT2D eigenvalue weighted by Crippen LogP contribution is 2.24. The molecule has 0 saturated carbocycles. The van der Waals surface area contributed by atoms with Crippen molar-refractivity contribution >= 4 is 0 Å². The molecular formula is C64H82N4O. The minimum absolute atomic E-state index is 0.708. The maximum atomic E-state index is 8.84. The van der Waals surface area contributed by atoms with E-state index >= 15 is 0 Å². The third-order valence-electron chi connectivity index (χ3n) is 12.6. The molecule has 0 amide bonds. The van der Waals surface area contributed by atoms with Gasteiger partial charge in [0.05, 0.1) is 29.9 Å². The summed E-state index contributed by atoms with van der Waals surface area (Å²) >= 11 is 0. The largest absolute Gasteiger partial charge is 0.494 e. The molecule has 1 heterocycles. The minimum atomic E-state index is 0.708. The molecule has 0 bridgehead atoms. The molecule has 5 nitrogen and oxygen atoms in total. The molecule has 1 aromatic heterocycles. The van der Waals surface area contributed by atoms with Gasteiger partial charge in [0.25, 0.3) is 0 Å². The first kappa shape index (κ1) is 55.6. The molecule has 69 heavy (non-hydrogen) atoms. The SMILES string of the molecule is CCCCCCCCOc1ccc(-c2ncc(CCCCCCC)cn2)cc1.CCCCCCCCc1ccc(-c2ccc(C#N)cc2)cc1.CCCCCc1ccc(-c2ccc(C#N)cc2)cc1. The Morgan fingerprint density at radius 2 is 0.667 bits per heavy atom. The minimum Gasteiger partial charge on any atom is -0.494 e. The zero-order chi connectivity index (χ0) is 49.0. The molecule has 0 atom stereocenters. The van der Waals surface area contributed by atoms with Gasteiger partial charge in [-0.15, -0.1) is 0 Å². The maximum absolute atomic E-state index is 8.84. The summed E-state index contributed by atoms with van der Waals surface area (Å²) in [5.41, 5.74) is 11.3. The number of aryl methyl sites for hydroxylation is 3. The number of benzene rings is 5. The summed E-state index contributed by atoms with van der Waals surface area (Å²) in [6, 6.07) is 45.6. The number of rotatable bonds is 28. The van der Waals surface area contributed by atoms with Gasteiger partial charge >= 0.3 is 0 Å². The fourth-order valence-corrected chi connectivity index (χ4v) is 8.23. The van der Waals surface area contributed by atoms with Gasteiger partial charge in [-0.1, -0.05) is 203 Å². The van der Waals surface area contributed by atoms with Crippen molar-refractivity contribution in [3.05, 3.63) is 162 Å². The molecular weight excluding hydrogens is 841 g/mol. The zero-order valence-corrected chi connectivity index (χ0v) is 42.9. The first-order valence-electron chi connectivity index (χ1n) is 26.7. The second-order valence-corrected chi connectivity index (χ2v) is 18.5. The zero-order valence-electron chi connectivity index (χ0n) is 42.9. The van der Waals surface area contributed by atoms with Crippen molar-refractivity contribution in [2.45, 2.75) is 175 Å². The van der Waals surface area contributed by atoms with Crippen LogP contribution < -0.4 is 4.74 Å². The summed E-state index contributed by atoms with van der Waals surface area (Å²) in [5, 5.41) is 17.6. The van der Waals surface area contributed by atoms with Crippen LogP contribution in [0.3, 0.4) is 0 Å². The molecule has 0 spiro atoms. The average molecular weight is 923 g/mol. The molecule has 0 saturated heterocycles. The van der Waals surface area contributed by atoms with Crippen molar-refractivity contribution in [3.8, 4) is 51.5 Å². The molecule has 6 rings (SSSR count). The number of hydrogen-bond acceptors (Lipinski definition) is 5. The molecule has 0 aliphatic heterocycles. The predicted molar refractivity (Wildman–Crippen MR) is 292 cm³/mol. The van der Waals surface area contributed by atoms with Gasteiger partial charge in [-0.25, -0.2) is 9.97 Å². The van der Waals surface area contributed by atoms with E-state index in [1.807, 2.05) is 73.1 Å². The Labute approximate surface area is 418 Å². The summed E-state index contributed by atoms with van der Waals surface area (Å²) in [5.74, 6) is 1.72. The number of nitriles is 2. The molecule has 5 heteroatoms. The second kappa shape index (κ2) is 35.1. The van der Waals surface area contributed by atoms with Crippen molar-refractivity contribution in [2.75, 3.05) is 6.61 Å². The summed E-state index contributed by atoms with van der Waals surface area (Å²) in [6.07, 6.45) is 33.5. The van der Waals surface area contributed by atoms with Gasteiger partial charge in [0.15, 0.2) is 5.82 Å². The van der Waals surface area contributed by atoms with Crippen LogP contribution in [0.5, 0.6) is 5.75 Å². The van der Waals surface area contributed by atoms with Crippen molar-refractivity contribution in [2.24, 2.45) is 0 Å². The van der Waals surface area contributed by atoms with E-state index in [0.29, 0.717) is 11.1 Å². The number of ether oxygens (including phenoxy) is 1. The molecule has 0 fully saturated rings. The third kappa shape index (κ3) is 22.7. The van der Waals surface area contributed by atoms with E-state index in [-0.39, 0.29) is 0 Å². The van der Waals surface area contributed by atoms with E-state index in [1.54, 1.807) is 0 Å². The molecule has 5 aromatic carbocycles. The van der Waals surface area contributed by atoms with Crippen LogP contribution in [0.15, 0.2) is 134 Å². The van der Waals surface area contributed by atoms with Crippen LogP contribution >= 0.6 is 0 Å². The first-order valence-corrected chi connectivity index (χ1v) is 26.7. The molecule has 0 aliphatic rings. The summed E-state index contributed by atoms with van der Waals surface area (Å²) in [7, 11) is 0. The fourth-order valence-electron chi connectivity index (χ4n) is 8.23. The van der Waals surface area contributed by atoms with E-state index < -0.39 is 0 Å². The van der Waals surface area contributed by atoms with Crippen LogP contribution in [-0.2, 0) is 19.3 Å². The Kier molecular flexibility index (Phi) is 28.3. The van der Waals surface area contributed by atoms with Crippen LogP contribution in [0.25, 0.3) is 33.6 Å². The van der Waals surface area contributed by atoms with E-state index in [0.717, 1.165) is 36.6 Å². The van der Waals surface area contributed by atoms with E-state index in [4.69, 9.17) is 15.3 Å². The van der Waals surface area contributed by atoms with Gasteiger partial charge in [-0.05, 0) is 132 Å². The standard InChI is InChI=1S/C25H38N2O.C21H25N.C18H19N/c1-3-5-7-9-11-13-19-28-24-17-15-23(16-18-24)25-26-20-22(21-27-25)14-12-10-8-6-4-2;1-2-3-4-5-6-7-8-18-9-13-20(14-10-18)21-15-11-19(17-22)12-16-21;1-2-3-4-5-15-6-10-17(11-7-15)18-12-8-16(14-19)9-13-18/h15-18,20-21H,3-14,19H2,1-2H3;9-16H,2-8H2,1H3;6-13H,2-5H2,1H3. The van der Waals surface area contributed by atoms with Crippen molar-refractivity contribution < 1.29 is 4.74 Å². The molecule has 0 radical (unpaired) electrons. The van der Waals surface area contributed by atoms with Crippen LogP contribution in [-0.4, -0.2) is 16.6 Å². The maximum Gasteiger partial charge on any atom is 0.159 e. The second-order valence-electron chi connectivity index (χ2n) is 18.5. The monoisotopic (exact) mass is 923 g/mol. The Morgan fingerprint density at radius 1 is 0.348 bits per heavy atom. The van der Waals surface area contributed by atoms with Gasteiger partial charge in [-0.3, -0.25) is 0 Å². The van der Waals surface area contributed by atoms with Gasteiger partial charge in [0.1, 0.15) is 5.75 Å². The van der Waals surface area contributed by atoms with Crippen LogP contribution in [0.2, 0.25) is 0 Å². The van der Waals surface area contributed by atoms with Crippen molar-refractivity contribution in [1.29, 1.82) is 10.5 Å². The predicted octanol–water partition coefficient (Wildman–Crippen LogP) is 18.5. The highest BCUT2D eigenvalue weighted by atomic mass is 16.5. The Morgan fingerprint density at radius 3 is 1.07 bits per heavy atom. The topological polar surface area (TPSA) is 82.6 Å². The van der Waals surface area contributed by atoms with Crippen LogP contribution in [0.1, 0.15) is 184 Å². The van der Waals surface area contributed by atoms with Crippen molar-refractivity contribution in [1.82, 2.24) is 9.97 Å². The molecule has 364 valence electrons. The first-order chi connectivity index (χ1) is 34.0. The van der Waals surface area contributed by atoms with Crippen LogP contribution in [0.4, 0.5) is 0 Å².